The fraction of sp³-hybridized carbons (Fsp3) is 0.214. The molecule has 0 atom stereocenters. The first-order valence-corrected chi connectivity index (χ1v) is 10.5. The first kappa shape index (κ1) is 20.6. The van der Waals surface area contributed by atoms with E-state index in [1.165, 1.54) is 5.56 Å². The van der Waals surface area contributed by atoms with Crippen molar-refractivity contribution in [3.8, 4) is 17.5 Å². The van der Waals surface area contributed by atoms with E-state index in [1.54, 1.807) is 4.57 Å². The van der Waals surface area contributed by atoms with Crippen molar-refractivity contribution in [2.75, 3.05) is 0 Å². The smallest absolute Gasteiger partial charge is 0.265 e. The number of aryl methyl sites for hydroxylation is 2. The lowest BCUT2D eigenvalue weighted by atomic mass is 9.87. The molecule has 0 radical (unpaired) electrons. The summed E-state index contributed by atoms with van der Waals surface area (Å²) in [5.74, 6) is 7.16. The Kier molecular flexibility index (Phi) is 5.25. The maximum Gasteiger partial charge on any atom is 0.265 e. The lowest BCUT2D eigenvalue weighted by Crippen LogP contribution is -2.23. The van der Waals surface area contributed by atoms with Gasteiger partial charge in [0.25, 0.3) is 5.56 Å². The minimum Gasteiger partial charge on any atom is -0.268 e. The third-order valence-electron chi connectivity index (χ3n) is 5.48. The van der Waals surface area contributed by atoms with Gasteiger partial charge >= 0.3 is 0 Å². The van der Waals surface area contributed by atoms with Gasteiger partial charge in [0.05, 0.1) is 16.6 Å². The molecule has 0 aliphatic carbocycles. The summed E-state index contributed by atoms with van der Waals surface area (Å²) in [5, 5.41) is 0.620. The number of hydrogen-bond acceptors (Lipinski definition) is 2. The van der Waals surface area contributed by atoms with E-state index in [1.807, 2.05) is 56.3 Å². The highest BCUT2D eigenvalue weighted by Gasteiger charge is 2.13. The van der Waals surface area contributed by atoms with Crippen molar-refractivity contribution >= 4 is 10.9 Å². The minimum atomic E-state index is -0.0519. The largest absolute Gasteiger partial charge is 0.268 e. The first-order valence-electron chi connectivity index (χ1n) is 10.5. The monoisotopic (exact) mass is 406 g/mol. The lowest BCUT2D eigenvalue weighted by Gasteiger charge is -2.18. The molecule has 3 heteroatoms. The highest BCUT2D eigenvalue weighted by atomic mass is 16.1. The second kappa shape index (κ2) is 7.89. The maximum absolute atomic E-state index is 13.1. The number of rotatable bonds is 1. The molecule has 154 valence electrons. The predicted octanol–water partition coefficient (Wildman–Crippen LogP) is 5.70. The molecular weight excluding hydrogens is 380 g/mol. The van der Waals surface area contributed by atoms with E-state index in [9.17, 15) is 4.79 Å². The van der Waals surface area contributed by atoms with Crippen molar-refractivity contribution in [2.24, 2.45) is 0 Å². The van der Waals surface area contributed by atoms with Gasteiger partial charge in [-0.05, 0) is 72.9 Å². The zero-order chi connectivity index (χ0) is 22.2. The second-order valence-electron chi connectivity index (χ2n) is 8.90. The van der Waals surface area contributed by atoms with E-state index in [0.717, 1.165) is 27.9 Å². The lowest BCUT2D eigenvalue weighted by molar-refractivity contribution is 0.590. The first-order chi connectivity index (χ1) is 14.7. The zero-order valence-electron chi connectivity index (χ0n) is 18.7. The predicted molar refractivity (Wildman–Crippen MR) is 128 cm³/mol. The topological polar surface area (TPSA) is 34.9 Å². The molecule has 0 amide bonds. The quantitative estimate of drug-likeness (QED) is 0.380. The summed E-state index contributed by atoms with van der Waals surface area (Å²) in [6.07, 6.45) is 0. The van der Waals surface area contributed by atoms with Gasteiger partial charge in [0.2, 0.25) is 0 Å². The van der Waals surface area contributed by atoms with E-state index >= 15 is 0 Å². The van der Waals surface area contributed by atoms with Gasteiger partial charge in [0, 0.05) is 11.1 Å². The van der Waals surface area contributed by atoms with Gasteiger partial charge in [-0.2, -0.15) is 0 Å². The molecule has 4 rings (SSSR count). The molecule has 0 fully saturated rings. The van der Waals surface area contributed by atoms with Crippen LogP contribution >= 0.6 is 0 Å². The summed E-state index contributed by atoms with van der Waals surface area (Å²) >= 11 is 0. The van der Waals surface area contributed by atoms with Crippen molar-refractivity contribution in [3.05, 3.63) is 105 Å². The van der Waals surface area contributed by atoms with Gasteiger partial charge in [0.15, 0.2) is 0 Å². The molecule has 0 aliphatic rings. The number of benzene rings is 3. The van der Waals surface area contributed by atoms with Crippen LogP contribution in [0.5, 0.6) is 0 Å². The standard InChI is InChI=1S/C28H26N2O/c1-19-18-22(11-10-21-12-15-23(16-13-21)28(3,4)5)14-17-26(19)30-20(2)29-25-9-7-6-8-24(25)27(30)31/h6-9,12-18H,1-5H3. The van der Waals surface area contributed by atoms with Crippen LogP contribution in [0.15, 0.2) is 71.5 Å². The average molecular weight is 407 g/mol. The van der Waals surface area contributed by atoms with Crippen LogP contribution in [0.4, 0.5) is 0 Å². The van der Waals surface area contributed by atoms with Gasteiger partial charge in [-0.25, -0.2) is 4.98 Å². The third kappa shape index (κ3) is 4.15. The normalized spacial score (nSPS) is 11.3. The average Bonchev–Trinajstić information content (AvgIpc) is 2.73. The SMILES string of the molecule is Cc1cc(C#Cc2ccc(C(C)(C)C)cc2)ccc1-n1c(C)nc2ccccc2c1=O. The Morgan fingerprint density at radius 3 is 2.16 bits per heavy atom. The summed E-state index contributed by atoms with van der Waals surface area (Å²) in [5.41, 5.74) is 5.82. The molecule has 0 aliphatic heterocycles. The number of para-hydroxylation sites is 1. The Balaban J connectivity index is 1.68. The van der Waals surface area contributed by atoms with Crippen molar-refractivity contribution in [1.82, 2.24) is 9.55 Å². The Morgan fingerprint density at radius 2 is 1.48 bits per heavy atom. The molecule has 1 aromatic heterocycles. The van der Waals surface area contributed by atoms with Crippen LogP contribution in [0.2, 0.25) is 0 Å². The van der Waals surface area contributed by atoms with Crippen LogP contribution in [0.25, 0.3) is 16.6 Å². The van der Waals surface area contributed by atoms with Gasteiger partial charge in [-0.15, -0.1) is 0 Å². The minimum absolute atomic E-state index is 0.0519. The van der Waals surface area contributed by atoms with Crippen molar-refractivity contribution in [3.63, 3.8) is 0 Å². The molecule has 0 saturated carbocycles. The Hall–Kier alpha value is -3.64. The molecular formula is C28H26N2O. The third-order valence-corrected chi connectivity index (χ3v) is 5.48. The molecule has 0 N–H and O–H groups in total. The van der Waals surface area contributed by atoms with Gasteiger partial charge in [-0.3, -0.25) is 9.36 Å². The molecule has 4 aromatic rings. The zero-order valence-corrected chi connectivity index (χ0v) is 18.7. The molecule has 31 heavy (non-hydrogen) atoms. The van der Waals surface area contributed by atoms with Gasteiger partial charge < -0.3 is 0 Å². The van der Waals surface area contributed by atoms with Crippen LogP contribution in [0, 0.1) is 25.7 Å². The maximum atomic E-state index is 13.1. The number of hydrogen-bond donors (Lipinski definition) is 0. The fourth-order valence-electron chi connectivity index (χ4n) is 3.71. The van der Waals surface area contributed by atoms with E-state index in [4.69, 9.17) is 0 Å². The Labute approximate surface area is 183 Å². The molecule has 0 unspecified atom stereocenters. The molecule has 1 heterocycles. The molecule has 0 spiro atoms. The molecule has 0 bridgehead atoms. The second-order valence-corrected chi connectivity index (χ2v) is 8.90. The van der Waals surface area contributed by atoms with E-state index in [0.29, 0.717) is 11.2 Å². The van der Waals surface area contributed by atoms with Crippen molar-refractivity contribution < 1.29 is 0 Å². The summed E-state index contributed by atoms with van der Waals surface area (Å²) in [6, 6.07) is 21.8. The van der Waals surface area contributed by atoms with Gasteiger partial charge in [-0.1, -0.05) is 56.9 Å². The summed E-state index contributed by atoms with van der Waals surface area (Å²) in [4.78, 5) is 17.7. The molecule has 3 aromatic carbocycles. The Bertz CT molecular complexity index is 1390. The highest BCUT2D eigenvalue weighted by molar-refractivity contribution is 5.77. The van der Waals surface area contributed by atoms with Crippen LogP contribution in [0.3, 0.4) is 0 Å². The van der Waals surface area contributed by atoms with Crippen molar-refractivity contribution in [1.29, 1.82) is 0 Å². The number of fused-ring (bicyclic) bond motifs is 1. The summed E-state index contributed by atoms with van der Waals surface area (Å²) < 4.78 is 1.68. The van der Waals surface area contributed by atoms with Crippen LogP contribution in [-0.2, 0) is 5.41 Å². The fourth-order valence-corrected chi connectivity index (χ4v) is 3.71. The number of aromatic nitrogens is 2. The Morgan fingerprint density at radius 1 is 0.839 bits per heavy atom. The van der Waals surface area contributed by atoms with E-state index < -0.39 is 0 Å². The van der Waals surface area contributed by atoms with Crippen LogP contribution < -0.4 is 5.56 Å². The summed E-state index contributed by atoms with van der Waals surface area (Å²) in [7, 11) is 0. The van der Waals surface area contributed by atoms with Gasteiger partial charge in [0.1, 0.15) is 5.82 Å². The van der Waals surface area contributed by atoms with Crippen molar-refractivity contribution in [2.45, 2.75) is 40.0 Å². The molecule has 3 nitrogen and oxygen atoms in total. The van der Waals surface area contributed by atoms with Crippen LogP contribution in [0.1, 0.15) is 48.8 Å². The summed E-state index contributed by atoms with van der Waals surface area (Å²) in [6.45, 7) is 10.5. The van der Waals surface area contributed by atoms with Crippen LogP contribution in [-0.4, -0.2) is 9.55 Å². The van der Waals surface area contributed by atoms with E-state index in [2.05, 4.69) is 61.9 Å². The number of nitrogens with zero attached hydrogens (tertiary/aromatic N) is 2. The van der Waals surface area contributed by atoms with E-state index in [-0.39, 0.29) is 11.0 Å². The molecule has 0 saturated heterocycles. The highest BCUT2D eigenvalue weighted by Crippen LogP contribution is 2.22.